The molecule has 0 heterocycles. The molecule has 0 spiro atoms. The summed E-state index contributed by atoms with van der Waals surface area (Å²) in [6, 6.07) is 12.6. The van der Waals surface area contributed by atoms with E-state index in [4.69, 9.17) is 10.7 Å². The smallest absolute Gasteiger partial charge is 0.207 e. The molecule has 0 N–H and O–H groups in total. The molecule has 2 aromatic rings. The van der Waals surface area contributed by atoms with Gasteiger partial charge in [-0.05, 0) is 36.6 Å². The Morgan fingerprint density at radius 2 is 1.61 bits per heavy atom. The van der Waals surface area contributed by atoms with Gasteiger partial charge in [-0.3, -0.25) is 0 Å². The van der Waals surface area contributed by atoms with Crippen LogP contribution in [-0.4, -0.2) is 8.42 Å². The van der Waals surface area contributed by atoms with E-state index in [1.165, 1.54) is 11.6 Å². The zero-order chi connectivity index (χ0) is 13.3. The van der Waals surface area contributed by atoms with E-state index in [1.807, 2.05) is 32.0 Å². The fourth-order valence-corrected chi connectivity index (χ4v) is 2.92. The van der Waals surface area contributed by atoms with Gasteiger partial charge in [0.1, 0.15) is 0 Å². The van der Waals surface area contributed by atoms with Crippen LogP contribution in [0.25, 0.3) is 11.1 Å². The van der Waals surface area contributed by atoms with Gasteiger partial charge in [0.05, 0.1) is 4.90 Å². The van der Waals surface area contributed by atoms with Gasteiger partial charge in [0.15, 0.2) is 0 Å². The molecule has 0 aliphatic heterocycles. The van der Waals surface area contributed by atoms with E-state index in [0.717, 1.165) is 11.1 Å². The summed E-state index contributed by atoms with van der Waals surface area (Å²) in [6.07, 6.45) is 0. The van der Waals surface area contributed by atoms with Crippen LogP contribution in [0.15, 0.2) is 47.4 Å². The van der Waals surface area contributed by atoms with Crippen LogP contribution < -0.4 is 0 Å². The van der Waals surface area contributed by atoms with Crippen LogP contribution in [0.4, 0.5) is 0 Å². The van der Waals surface area contributed by atoms with Crippen LogP contribution in [-0.2, 0) is 9.05 Å². The zero-order valence-electron chi connectivity index (χ0n) is 10.1. The summed E-state index contributed by atoms with van der Waals surface area (Å²) in [7, 11) is 1.72. The first kappa shape index (κ1) is 13.1. The van der Waals surface area contributed by atoms with Gasteiger partial charge in [0.2, 0.25) is 0 Å². The Bertz CT molecular complexity index is 691. The highest BCUT2D eigenvalue weighted by atomic mass is 35.7. The lowest BCUT2D eigenvalue weighted by atomic mass is 10.0. The molecule has 0 saturated carbocycles. The monoisotopic (exact) mass is 280 g/mol. The van der Waals surface area contributed by atoms with E-state index in [2.05, 4.69) is 0 Å². The lowest BCUT2D eigenvalue weighted by molar-refractivity contribution is 0.610. The first-order chi connectivity index (χ1) is 8.39. The fraction of sp³-hybridized carbons (Fsp3) is 0.143. The number of hydrogen-bond acceptors (Lipinski definition) is 2. The average Bonchev–Trinajstić information content (AvgIpc) is 2.32. The van der Waals surface area contributed by atoms with Crippen LogP contribution in [0.2, 0.25) is 0 Å². The van der Waals surface area contributed by atoms with Crippen molar-refractivity contribution in [3.05, 3.63) is 53.6 Å². The third-order valence-electron chi connectivity index (χ3n) is 2.97. The molecular weight excluding hydrogens is 268 g/mol. The summed E-state index contributed by atoms with van der Waals surface area (Å²) >= 11 is 0. The first-order valence-corrected chi connectivity index (χ1v) is 7.82. The number of halogens is 1. The Labute approximate surface area is 112 Å². The van der Waals surface area contributed by atoms with E-state index >= 15 is 0 Å². The SMILES string of the molecule is Cc1ccc(-c2ccccc2S(=O)(=O)Cl)cc1C. The van der Waals surface area contributed by atoms with Crippen molar-refractivity contribution in [2.45, 2.75) is 18.7 Å². The lowest BCUT2D eigenvalue weighted by Crippen LogP contribution is -1.94. The third-order valence-corrected chi connectivity index (χ3v) is 4.35. The molecule has 0 unspecified atom stereocenters. The van der Waals surface area contributed by atoms with Crippen molar-refractivity contribution < 1.29 is 8.42 Å². The van der Waals surface area contributed by atoms with Crippen molar-refractivity contribution in [1.29, 1.82) is 0 Å². The van der Waals surface area contributed by atoms with Crippen molar-refractivity contribution in [1.82, 2.24) is 0 Å². The molecule has 0 aromatic heterocycles. The molecule has 0 aliphatic carbocycles. The highest BCUT2D eigenvalue weighted by Gasteiger charge is 2.16. The molecule has 2 nitrogen and oxygen atoms in total. The molecule has 0 fully saturated rings. The van der Waals surface area contributed by atoms with Gasteiger partial charge in [-0.2, -0.15) is 0 Å². The van der Waals surface area contributed by atoms with Crippen LogP contribution in [0.3, 0.4) is 0 Å². The largest absolute Gasteiger partial charge is 0.261 e. The number of rotatable bonds is 2. The average molecular weight is 281 g/mol. The molecule has 18 heavy (non-hydrogen) atoms. The Morgan fingerprint density at radius 3 is 2.22 bits per heavy atom. The van der Waals surface area contributed by atoms with Gasteiger partial charge < -0.3 is 0 Å². The molecular formula is C14H13ClO2S. The quantitative estimate of drug-likeness (QED) is 0.782. The molecule has 2 aromatic carbocycles. The molecule has 2 rings (SSSR count). The Kier molecular flexibility index (Phi) is 3.46. The van der Waals surface area contributed by atoms with E-state index in [0.29, 0.717) is 5.56 Å². The molecule has 94 valence electrons. The first-order valence-electron chi connectivity index (χ1n) is 5.51. The maximum absolute atomic E-state index is 11.5. The summed E-state index contributed by atoms with van der Waals surface area (Å²) < 4.78 is 23.1. The predicted molar refractivity (Wildman–Crippen MR) is 74.4 cm³/mol. The van der Waals surface area contributed by atoms with Crippen molar-refractivity contribution in [3.63, 3.8) is 0 Å². The minimum absolute atomic E-state index is 0.148. The Morgan fingerprint density at radius 1 is 0.944 bits per heavy atom. The summed E-state index contributed by atoms with van der Waals surface area (Å²) in [6.45, 7) is 4.01. The van der Waals surface area contributed by atoms with Crippen LogP contribution in [0.1, 0.15) is 11.1 Å². The minimum atomic E-state index is -3.73. The predicted octanol–water partition coefficient (Wildman–Crippen LogP) is 3.90. The second-order valence-electron chi connectivity index (χ2n) is 4.23. The molecule has 4 heteroatoms. The summed E-state index contributed by atoms with van der Waals surface area (Å²) in [5, 5.41) is 0. The fourth-order valence-electron chi connectivity index (χ4n) is 1.83. The van der Waals surface area contributed by atoms with Crippen molar-refractivity contribution in [2.24, 2.45) is 0 Å². The number of aryl methyl sites for hydroxylation is 2. The maximum Gasteiger partial charge on any atom is 0.261 e. The minimum Gasteiger partial charge on any atom is -0.207 e. The summed E-state index contributed by atoms with van der Waals surface area (Å²) in [5.74, 6) is 0. The maximum atomic E-state index is 11.5. The van der Waals surface area contributed by atoms with Gasteiger partial charge in [-0.25, -0.2) is 8.42 Å². The molecule has 0 radical (unpaired) electrons. The molecule has 0 bridgehead atoms. The van der Waals surface area contributed by atoms with E-state index in [9.17, 15) is 8.42 Å². The van der Waals surface area contributed by atoms with Crippen LogP contribution >= 0.6 is 10.7 Å². The standard InChI is InChI=1S/C14H13ClO2S/c1-10-7-8-12(9-11(10)2)13-5-3-4-6-14(13)18(15,16)17/h3-9H,1-2H3. The second-order valence-corrected chi connectivity index (χ2v) is 6.77. The van der Waals surface area contributed by atoms with E-state index in [-0.39, 0.29) is 4.90 Å². The van der Waals surface area contributed by atoms with Crippen LogP contribution in [0.5, 0.6) is 0 Å². The van der Waals surface area contributed by atoms with Gasteiger partial charge >= 0.3 is 0 Å². The van der Waals surface area contributed by atoms with Crippen molar-refractivity contribution in [2.75, 3.05) is 0 Å². The Hall–Kier alpha value is -1.32. The third kappa shape index (κ3) is 2.57. The molecule has 0 amide bonds. The topological polar surface area (TPSA) is 34.1 Å². The van der Waals surface area contributed by atoms with Gasteiger partial charge in [0, 0.05) is 16.2 Å². The highest BCUT2D eigenvalue weighted by molar-refractivity contribution is 8.13. The second kappa shape index (κ2) is 4.75. The van der Waals surface area contributed by atoms with Gasteiger partial charge in [0.25, 0.3) is 9.05 Å². The highest BCUT2D eigenvalue weighted by Crippen LogP contribution is 2.30. The number of hydrogen-bond donors (Lipinski definition) is 0. The normalized spacial score (nSPS) is 11.5. The zero-order valence-corrected chi connectivity index (χ0v) is 11.7. The van der Waals surface area contributed by atoms with Crippen molar-refractivity contribution >= 4 is 19.7 Å². The summed E-state index contributed by atoms with van der Waals surface area (Å²) in [4.78, 5) is 0.148. The molecule has 0 saturated heterocycles. The molecule has 0 aliphatic rings. The lowest BCUT2D eigenvalue weighted by Gasteiger charge is -2.09. The molecule has 0 atom stereocenters. The van der Waals surface area contributed by atoms with Gasteiger partial charge in [-0.1, -0.05) is 36.4 Å². The van der Waals surface area contributed by atoms with E-state index in [1.54, 1.807) is 18.2 Å². The summed E-state index contributed by atoms with van der Waals surface area (Å²) in [5.41, 5.74) is 3.78. The van der Waals surface area contributed by atoms with E-state index < -0.39 is 9.05 Å². The number of benzene rings is 2. The van der Waals surface area contributed by atoms with Gasteiger partial charge in [-0.15, -0.1) is 0 Å². The van der Waals surface area contributed by atoms with Crippen molar-refractivity contribution in [3.8, 4) is 11.1 Å². The Balaban J connectivity index is 2.68. The van der Waals surface area contributed by atoms with Crippen LogP contribution in [0, 0.1) is 13.8 Å².